The lowest BCUT2D eigenvalue weighted by molar-refractivity contribution is -0.151. The van der Waals surface area contributed by atoms with Crippen LogP contribution in [0.2, 0.25) is 5.02 Å². The molecule has 0 aliphatic rings. The Morgan fingerprint density at radius 2 is 1.77 bits per heavy atom. The molecule has 0 bridgehead atoms. The van der Waals surface area contributed by atoms with E-state index >= 15 is 0 Å². The second-order valence-electron chi connectivity index (χ2n) is 4.47. The summed E-state index contributed by atoms with van der Waals surface area (Å²) in [5, 5.41) is 4.19. The van der Waals surface area contributed by atoms with Gasteiger partial charge in [0.1, 0.15) is 5.75 Å². The fourth-order valence-electron chi connectivity index (χ4n) is 1.59. The Bertz CT molecular complexity index is 657. The molecule has 0 aliphatic carbocycles. The lowest BCUT2D eigenvalue weighted by Gasteiger charge is -2.11. The molecule has 2 aromatic rings. The molecule has 0 heterocycles. The van der Waals surface area contributed by atoms with Crippen molar-refractivity contribution in [1.29, 1.82) is 0 Å². The van der Waals surface area contributed by atoms with Crippen LogP contribution in [-0.2, 0) is 9.63 Å². The Kier molecular flexibility index (Phi) is 5.38. The number of rotatable bonds is 5. The van der Waals surface area contributed by atoms with E-state index in [1.807, 2.05) is 18.2 Å². The summed E-state index contributed by atoms with van der Waals surface area (Å²) >= 11 is 5.78. The number of carbonyl (C=O) groups is 1. The van der Waals surface area contributed by atoms with Crippen LogP contribution in [0.3, 0.4) is 0 Å². The number of nitrogens with zero attached hydrogens (tertiary/aromatic N) is 1. The van der Waals surface area contributed by atoms with Gasteiger partial charge >= 0.3 is 5.97 Å². The topological polar surface area (TPSA) is 73.9 Å². The summed E-state index contributed by atoms with van der Waals surface area (Å²) < 4.78 is 5.43. The second kappa shape index (κ2) is 7.47. The van der Waals surface area contributed by atoms with Gasteiger partial charge in [-0.25, -0.2) is 4.79 Å². The largest absolute Gasteiger partial charge is 0.479 e. The summed E-state index contributed by atoms with van der Waals surface area (Å²) in [6.45, 7) is 1.57. The molecule has 1 atom stereocenters. The first-order chi connectivity index (χ1) is 10.6. The molecule has 0 spiro atoms. The molecule has 0 aromatic heterocycles. The molecule has 0 radical (unpaired) electrons. The highest BCUT2D eigenvalue weighted by molar-refractivity contribution is 6.30. The van der Waals surface area contributed by atoms with Gasteiger partial charge in [-0.1, -0.05) is 35.0 Å². The average molecular weight is 319 g/mol. The van der Waals surface area contributed by atoms with E-state index in [0.717, 1.165) is 0 Å². The molecule has 6 heteroatoms. The summed E-state index contributed by atoms with van der Waals surface area (Å²) in [7, 11) is 0. The van der Waals surface area contributed by atoms with Crippen LogP contribution in [0.1, 0.15) is 12.5 Å². The first kappa shape index (κ1) is 15.9. The van der Waals surface area contributed by atoms with Gasteiger partial charge in [0.2, 0.25) is 0 Å². The zero-order valence-corrected chi connectivity index (χ0v) is 12.7. The van der Waals surface area contributed by atoms with Gasteiger partial charge in [0.25, 0.3) is 0 Å². The quantitative estimate of drug-likeness (QED) is 0.398. The van der Waals surface area contributed by atoms with E-state index in [1.165, 1.54) is 0 Å². The number of oxime groups is 1. The van der Waals surface area contributed by atoms with Gasteiger partial charge in [-0.2, -0.15) is 0 Å². The number of carbonyl (C=O) groups excluding carboxylic acids is 1. The Labute approximate surface area is 133 Å². The molecule has 0 fully saturated rings. The fourth-order valence-corrected chi connectivity index (χ4v) is 1.72. The van der Waals surface area contributed by atoms with Crippen LogP contribution in [0, 0.1) is 0 Å². The highest BCUT2D eigenvalue weighted by atomic mass is 35.5. The lowest BCUT2D eigenvalue weighted by atomic mass is 10.2. The van der Waals surface area contributed by atoms with Crippen LogP contribution in [-0.4, -0.2) is 17.9 Å². The van der Waals surface area contributed by atoms with Crippen molar-refractivity contribution < 1.29 is 14.4 Å². The maximum atomic E-state index is 11.8. The van der Waals surface area contributed by atoms with Crippen molar-refractivity contribution in [2.24, 2.45) is 10.9 Å². The van der Waals surface area contributed by atoms with E-state index in [-0.39, 0.29) is 5.84 Å². The number of amidine groups is 1. The third-order valence-electron chi connectivity index (χ3n) is 2.76. The number of ether oxygens (including phenoxy) is 1. The van der Waals surface area contributed by atoms with Crippen LogP contribution in [0.15, 0.2) is 59.8 Å². The van der Waals surface area contributed by atoms with Crippen molar-refractivity contribution in [3.8, 4) is 5.75 Å². The number of para-hydroxylation sites is 1. The van der Waals surface area contributed by atoms with Gasteiger partial charge < -0.3 is 15.3 Å². The second-order valence-corrected chi connectivity index (χ2v) is 4.90. The van der Waals surface area contributed by atoms with E-state index < -0.39 is 12.1 Å². The van der Waals surface area contributed by atoms with E-state index in [2.05, 4.69) is 5.16 Å². The number of nitrogens with two attached hydrogens (primary N) is 1. The van der Waals surface area contributed by atoms with Crippen molar-refractivity contribution in [1.82, 2.24) is 0 Å². The zero-order chi connectivity index (χ0) is 15.9. The van der Waals surface area contributed by atoms with Gasteiger partial charge in [-0.15, -0.1) is 0 Å². The Morgan fingerprint density at radius 1 is 1.14 bits per heavy atom. The van der Waals surface area contributed by atoms with Crippen molar-refractivity contribution >= 4 is 23.4 Å². The van der Waals surface area contributed by atoms with Crippen molar-refractivity contribution in [3.63, 3.8) is 0 Å². The zero-order valence-electron chi connectivity index (χ0n) is 11.9. The maximum Gasteiger partial charge on any atom is 0.374 e. The molecule has 0 saturated carbocycles. The molecule has 0 saturated heterocycles. The highest BCUT2D eigenvalue weighted by Crippen LogP contribution is 2.12. The van der Waals surface area contributed by atoms with Crippen molar-refractivity contribution in [3.05, 3.63) is 65.2 Å². The van der Waals surface area contributed by atoms with E-state index in [9.17, 15) is 4.79 Å². The van der Waals surface area contributed by atoms with E-state index in [1.54, 1.807) is 43.3 Å². The molecule has 5 nitrogen and oxygen atoms in total. The minimum absolute atomic E-state index is 0.0805. The van der Waals surface area contributed by atoms with Crippen LogP contribution in [0.4, 0.5) is 0 Å². The molecule has 2 aromatic carbocycles. The van der Waals surface area contributed by atoms with Gasteiger partial charge in [0.05, 0.1) is 0 Å². The Hall–Kier alpha value is -2.53. The number of halogens is 1. The molecule has 114 valence electrons. The third-order valence-corrected chi connectivity index (χ3v) is 3.01. The Balaban J connectivity index is 1.93. The fraction of sp³-hybridized carbons (Fsp3) is 0.125. The molecule has 2 rings (SSSR count). The molecule has 1 unspecified atom stereocenters. The van der Waals surface area contributed by atoms with Crippen LogP contribution >= 0.6 is 11.6 Å². The summed E-state index contributed by atoms with van der Waals surface area (Å²) in [6.07, 6.45) is -0.802. The number of hydrogen-bond donors (Lipinski definition) is 1. The Morgan fingerprint density at radius 3 is 2.41 bits per heavy atom. The van der Waals surface area contributed by atoms with Crippen LogP contribution in [0.25, 0.3) is 0 Å². The monoisotopic (exact) mass is 318 g/mol. The van der Waals surface area contributed by atoms with Gasteiger partial charge in [0.15, 0.2) is 11.9 Å². The van der Waals surface area contributed by atoms with Crippen molar-refractivity contribution in [2.45, 2.75) is 13.0 Å². The molecular formula is C16H15ClN2O3. The van der Waals surface area contributed by atoms with E-state index in [0.29, 0.717) is 16.3 Å². The predicted octanol–water partition coefficient (Wildman–Crippen LogP) is 2.97. The van der Waals surface area contributed by atoms with E-state index in [4.69, 9.17) is 26.9 Å². The minimum Gasteiger partial charge on any atom is -0.479 e. The normalized spacial score (nSPS) is 12.5. The average Bonchev–Trinajstić information content (AvgIpc) is 2.53. The number of hydrogen-bond acceptors (Lipinski definition) is 4. The molecule has 0 amide bonds. The smallest absolute Gasteiger partial charge is 0.374 e. The first-order valence-electron chi connectivity index (χ1n) is 6.58. The minimum atomic E-state index is -0.802. The summed E-state index contributed by atoms with van der Waals surface area (Å²) in [5.74, 6) is 0.0132. The highest BCUT2D eigenvalue weighted by Gasteiger charge is 2.17. The molecule has 22 heavy (non-hydrogen) atoms. The van der Waals surface area contributed by atoms with Gasteiger partial charge in [-0.05, 0) is 43.3 Å². The lowest BCUT2D eigenvalue weighted by Crippen LogP contribution is -2.26. The first-order valence-corrected chi connectivity index (χ1v) is 6.96. The summed E-state index contributed by atoms with van der Waals surface area (Å²) in [5.41, 5.74) is 6.34. The molecular weight excluding hydrogens is 304 g/mol. The van der Waals surface area contributed by atoms with Crippen LogP contribution < -0.4 is 10.5 Å². The number of benzene rings is 2. The summed E-state index contributed by atoms with van der Waals surface area (Å²) in [6, 6.07) is 15.7. The predicted molar refractivity (Wildman–Crippen MR) is 84.8 cm³/mol. The van der Waals surface area contributed by atoms with Crippen LogP contribution in [0.5, 0.6) is 5.75 Å². The van der Waals surface area contributed by atoms with Gasteiger partial charge in [0, 0.05) is 10.6 Å². The van der Waals surface area contributed by atoms with Gasteiger partial charge in [-0.3, -0.25) is 0 Å². The molecule has 2 N–H and O–H groups in total. The SMILES string of the molecule is CC(Oc1ccccc1)C(=O)ON=C(N)c1ccc(Cl)cc1. The third kappa shape index (κ3) is 4.49. The molecule has 0 aliphatic heterocycles. The van der Waals surface area contributed by atoms with Crippen molar-refractivity contribution in [2.75, 3.05) is 0 Å². The maximum absolute atomic E-state index is 11.8. The summed E-state index contributed by atoms with van der Waals surface area (Å²) in [4.78, 5) is 16.6. The standard InChI is InChI=1S/C16H15ClN2O3/c1-11(21-14-5-3-2-4-6-14)16(20)22-19-15(18)12-7-9-13(17)10-8-12/h2-11H,1H3,(H2,18,19).